The standard InChI is InChI=1S/C28H38O5/c1-4-6-7-8-9-10-11-12-21-31-24-15-13-23(14-16-24)28(30)33-26-19-17-25(18-20-26)32-27(29)22(3)5-2/h13-20,22H,4-12,21H2,1-3H3/t22-/m0/s1. The normalized spacial score (nSPS) is 11.6. The molecule has 5 nitrogen and oxygen atoms in total. The number of hydrogen-bond acceptors (Lipinski definition) is 5. The molecule has 2 rings (SSSR count). The molecule has 0 bridgehead atoms. The fourth-order valence-corrected chi connectivity index (χ4v) is 3.24. The zero-order valence-corrected chi connectivity index (χ0v) is 20.3. The second-order valence-electron chi connectivity index (χ2n) is 8.44. The van der Waals surface area contributed by atoms with Gasteiger partial charge in [0, 0.05) is 0 Å². The maximum atomic E-state index is 12.4. The van der Waals surface area contributed by atoms with Crippen molar-refractivity contribution in [2.75, 3.05) is 6.61 Å². The summed E-state index contributed by atoms with van der Waals surface area (Å²) in [5.41, 5.74) is 0.446. The molecule has 0 aliphatic rings. The van der Waals surface area contributed by atoms with Gasteiger partial charge in [-0.05, 0) is 61.4 Å². The van der Waals surface area contributed by atoms with Crippen LogP contribution in [-0.4, -0.2) is 18.5 Å². The number of carbonyl (C=O) groups excluding carboxylic acids is 2. The van der Waals surface area contributed by atoms with Crippen LogP contribution >= 0.6 is 0 Å². The summed E-state index contributed by atoms with van der Waals surface area (Å²) in [5.74, 6) is 0.689. The molecule has 33 heavy (non-hydrogen) atoms. The van der Waals surface area contributed by atoms with E-state index in [-0.39, 0.29) is 11.9 Å². The number of hydrogen-bond donors (Lipinski definition) is 0. The van der Waals surface area contributed by atoms with Gasteiger partial charge in [0.25, 0.3) is 0 Å². The highest BCUT2D eigenvalue weighted by atomic mass is 16.5. The van der Waals surface area contributed by atoms with Crippen molar-refractivity contribution in [2.45, 2.75) is 78.6 Å². The monoisotopic (exact) mass is 454 g/mol. The molecule has 5 heteroatoms. The zero-order valence-electron chi connectivity index (χ0n) is 20.3. The van der Waals surface area contributed by atoms with E-state index in [0.717, 1.165) is 18.6 Å². The lowest BCUT2D eigenvalue weighted by molar-refractivity contribution is -0.138. The molecule has 0 unspecified atom stereocenters. The number of ether oxygens (including phenoxy) is 3. The van der Waals surface area contributed by atoms with Crippen LogP contribution in [0.15, 0.2) is 48.5 Å². The Morgan fingerprint density at radius 1 is 0.697 bits per heavy atom. The van der Waals surface area contributed by atoms with E-state index in [2.05, 4.69) is 6.92 Å². The smallest absolute Gasteiger partial charge is 0.343 e. The van der Waals surface area contributed by atoms with Gasteiger partial charge in [0.2, 0.25) is 0 Å². The van der Waals surface area contributed by atoms with Crippen molar-refractivity contribution in [3.8, 4) is 17.2 Å². The molecule has 2 aromatic carbocycles. The van der Waals surface area contributed by atoms with Gasteiger partial charge in [-0.1, -0.05) is 65.7 Å². The largest absolute Gasteiger partial charge is 0.494 e. The lowest BCUT2D eigenvalue weighted by Crippen LogP contribution is -2.16. The van der Waals surface area contributed by atoms with Crippen molar-refractivity contribution < 1.29 is 23.8 Å². The van der Waals surface area contributed by atoms with Gasteiger partial charge in [-0.2, -0.15) is 0 Å². The molecule has 0 saturated carbocycles. The molecule has 0 radical (unpaired) electrons. The Hall–Kier alpha value is -2.82. The third kappa shape index (κ3) is 10.1. The van der Waals surface area contributed by atoms with Crippen LogP contribution < -0.4 is 14.2 Å². The Labute approximate surface area is 198 Å². The Bertz CT molecular complexity index is 826. The van der Waals surface area contributed by atoms with E-state index in [1.165, 1.54) is 44.9 Å². The minimum absolute atomic E-state index is 0.158. The molecular weight excluding hydrogens is 416 g/mol. The predicted octanol–water partition coefficient (Wildman–Crippen LogP) is 7.38. The summed E-state index contributed by atoms with van der Waals surface area (Å²) in [6.45, 7) is 6.68. The van der Waals surface area contributed by atoms with Crippen molar-refractivity contribution in [1.82, 2.24) is 0 Å². The van der Waals surface area contributed by atoms with Crippen LogP contribution in [0.2, 0.25) is 0 Å². The Balaban J connectivity index is 1.70. The van der Waals surface area contributed by atoms with Crippen LogP contribution in [0.3, 0.4) is 0 Å². The molecule has 0 aliphatic carbocycles. The molecule has 2 aromatic rings. The van der Waals surface area contributed by atoms with E-state index in [4.69, 9.17) is 14.2 Å². The zero-order chi connectivity index (χ0) is 23.9. The second-order valence-corrected chi connectivity index (χ2v) is 8.44. The molecule has 0 amide bonds. The van der Waals surface area contributed by atoms with Crippen LogP contribution in [0.5, 0.6) is 17.2 Å². The van der Waals surface area contributed by atoms with Crippen LogP contribution in [0.1, 0.15) is 88.9 Å². The van der Waals surface area contributed by atoms with E-state index >= 15 is 0 Å². The van der Waals surface area contributed by atoms with Gasteiger partial charge in [0.1, 0.15) is 17.2 Å². The number of unbranched alkanes of at least 4 members (excludes halogenated alkanes) is 7. The first kappa shape index (κ1) is 26.4. The Morgan fingerprint density at radius 2 is 1.21 bits per heavy atom. The quantitative estimate of drug-likeness (QED) is 0.160. The SMILES string of the molecule is CCCCCCCCCCOc1ccc(C(=O)Oc2ccc(OC(=O)[C@@H](C)CC)cc2)cc1. The number of benzene rings is 2. The second kappa shape index (κ2) is 15.1. The van der Waals surface area contributed by atoms with E-state index in [1.807, 2.05) is 13.8 Å². The van der Waals surface area contributed by atoms with Crippen LogP contribution in [0.25, 0.3) is 0 Å². The highest BCUT2D eigenvalue weighted by Gasteiger charge is 2.14. The molecule has 0 N–H and O–H groups in total. The summed E-state index contributed by atoms with van der Waals surface area (Å²) in [4.78, 5) is 24.3. The summed E-state index contributed by atoms with van der Waals surface area (Å²) < 4.78 is 16.5. The van der Waals surface area contributed by atoms with Gasteiger partial charge in [-0.25, -0.2) is 4.79 Å². The Morgan fingerprint density at radius 3 is 1.79 bits per heavy atom. The van der Waals surface area contributed by atoms with E-state index in [9.17, 15) is 9.59 Å². The summed E-state index contributed by atoms with van der Waals surface area (Å²) >= 11 is 0. The number of rotatable bonds is 15. The van der Waals surface area contributed by atoms with Crippen molar-refractivity contribution >= 4 is 11.9 Å². The fraction of sp³-hybridized carbons (Fsp3) is 0.500. The first-order chi connectivity index (χ1) is 16.0. The van der Waals surface area contributed by atoms with Crippen molar-refractivity contribution in [3.05, 3.63) is 54.1 Å². The molecule has 180 valence electrons. The maximum Gasteiger partial charge on any atom is 0.343 e. The van der Waals surface area contributed by atoms with E-state index in [0.29, 0.717) is 23.7 Å². The molecule has 0 fully saturated rings. The molecule has 0 heterocycles. The average Bonchev–Trinajstić information content (AvgIpc) is 2.84. The number of carbonyl (C=O) groups is 2. The van der Waals surface area contributed by atoms with Gasteiger partial charge in [0.15, 0.2) is 0 Å². The minimum Gasteiger partial charge on any atom is -0.494 e. The van der Waals surface area contributed by atoms with Crippen LogP contribution in [-0.2, 0) is 4.79 Å². The molecule has 0 aliphatic heterocycles. The first-order valence-electron chi connectivity index (χ1n) is 12.3. The summed E-state index contributed by atoms with van der Waals surface area (Å²) in [7, 11) is 0. The van der Waals surface area contributed by atoms with Gasteiger partial charge >= 0.3 is 11.9 Å². The summed E-state index contributed by atoms with van der Waals surface area (Å²) in [5, 5.41) is 0. The summed E-state index contributed by atoms with van der Waals surface area (Å²) in [6, 6.07) is 13.4. The van der Waals surface area contributed by atoms with E-state index in [1.54, 1.807) is 48.5 Å². The lowest BCUT2D eigenvalue weighted by Gasteiger charge is -2.10. The highest BCUT2D eigenvalue weighted by molar-refractivity contribution is 5.91. The fourth-order valence-electron chi connectivity index (χ4n) is 3.24. The molecule has 0 saturated heterocycles. The summed E-state index contributed by atoms with van der Waals surface area (Å²) in [6.07, 6.45) is 10.8. The third-order valence-corrected chi connectivity index (χ3v) is 5.62. The topological polar surface area (TPSA) is 61.8 Å². The first-order valence-corrected chi connectivity index (χ1v) is 12.3. The molecule has 0 aromatic heterocycles. The molecule has 0 spiro atoms. The van der Waals surface area contributed by atoms with Gasteiger partial charge < -0.3 is 14.2 Å². The lowest BCUT2D eigenvalue weighted by atomic mass is 10.1. The predicted molar refractivity (Wildman–Crippen MR) is 131 cm³/mol. The Kier molecular flexibility index (Phi) is 12.1. The maximum absolute atomic E-state index is 12.4. The van der Waals surface area contributed by atoms with Crippen LogP contribution in [0.4, 0.5) is 0 Å². The molecular formula is C28H38O5. The third-order valence-electron chi connectivity index (χ3n) is 5.62. The van der Waals surface area contributed by atoms with Crippen molar-refractivity contribution in [3.63, 3.8) is 0 Å². The highest BCUT2D eigenvalue weighted by Crippen LogP contribution is 2.21. The van der Waals surface area contributed by atoms with Crippen molar-refractivity contribution in [1.29, 1.82) is 0 Å². The van der Waals surface area contributed by atoms with Gasteiger partial charge in [-0.15, -0.1) is 0 Å². The average molecular weight is 455 g/mol. The van der Waals surface area contributed by atoms with Gasteiger partial charge in [0.05, 0.1) is 18.1 Å². The van der Waals surface area contributed by atoms with E-state index < -0.39 is 5.97 Å². The molecule has 1 atom stereocenters. The van der Waals surface area contributed by atoms with Crippen molar-refractivity contribution in [2.24, 2.45) is 5.92 Å². The van der Waals surface area contributed by atoms with Crippen LogP contribution in [0, 0.1) is 5.92 Å². The minimum atomic E-state index is -0.450. The number of esters is 2. The van der Waals surface area contributed by atoms with Gasteiger partial charge in [-0.3, -0.25) is 4.79 Å².